The Balaban J connectivity index is 4.62. The number of rotatable bonds is 8. The quantitative estimate of drug-likeness (QED) is 0.483. The van der Waals surface area contributed by atoms with E-state index in [0.29, 0.717) is 24.6 Å². The second-order valence-corrected chi connectivity index (χ2v) is 6.43. The summed E-state index contributed by atoms with van der Waals surface area (Å²) in [6.07, 6.45) is 1.16. The molecular weight excluding hydrogens is 237 g/mol. The van der Waals surface area contributed by atoms with Crippen LogP contribution in [-0.4, -0.2) is 12.2 Å². The van der Waals surface area contributed by atoms with Gasteiger partial charge >= 0.3 is 7.60 Å². The molecule has 0 fully saturated rings. The minimum absolute atomic E-state index is 0.188. The van der Waals surface area contributed by atoms with Gasteiger partial charge in [-0.1, -0.05) is 6.58 Å². The van der Waals surface area contributed by atoms with Crippen molar-refractivity contribution in [2.75, 3.05) is 0 Å². The molecule has 0 aromatic carbocycles. The van der Waals surface area contributed by atoms with Gasteiger partial charge in [-0.3, -0.25) is 4.57 Å². The molecule has 0 radical (unpaired) electrons. The van der Waals surface area contributed by atoms with Gasteiger partial charge in [0.15, 0.2) is 0 Å². The highest BCUT2D eigenvalue weighted by molar-refractivity contribution is 7.58. The Kier molecular flexibility index (Phi) is 7.38. The Bertz CT molecular complexity index is 317. The Labute approximate surface area is 104 Å². The third-order valence-corrected chi connectivity index (χ3v) is 4.24. The molecule has 0 spiro atoms. The van der Waals surface area contributed by atoms with E-state index < -0.39 is 7.60 Å². The fourth-order valence-electron chi connectivity index (χ4n) is 1.24. The topological polar surface area (TPSA) is 59.3 Å². The van der Waals surface area contributed by atoms with Gasteiger partial charge in [0.25, 0.3) is 0 Å². The summed E-state index contributed by atoms with van der Waals surface area (Å²) in [5, 5.41) is 8.92. The molecule has 0 aromatic rings. The van der Waals surface area contributed by atoms with Crippen LogP contribution in [0.4, 0.5) is 0 Å². The average molecular weight is 259 g/mol. The largest absolute Gasteiger partial charge is 0.357 e. The molecule has 0 aromatic heterocycles. The highest BCUT2D eigenvalue weighted by Gasteiger charge is 2.30. The first-order chi connectivity index (χ1) is 7.81. The van der Waals surface area contributed by atoms with Crippen molar-refractivity contribution in [1.29, 1.82) is 5.26 Å². The Morgan fingerprint density at radius 1 is 1.29 bits per heavy atom. The molecule has 0 N–H and O–H groups in total. The first-order valence-electron chi connectivity index (χ1n) is 5.84. The second kappa shape index (κ2) is 7.66. The molecule has 0 aliphatic rings. The lowest BCUT2D eigenvalue weighted by atomic mass is 10.2. The van der Waals surface area contributed by atoms with E-state index in [1.54, 1.807) is 27.7 Å². The highest BCUT2D eigenvalue weighted by Crippen LogP contribution is 2.58. The summed E-state index contributed by atoms with van der Waals surface area (Å²) in [6, 6.07) is 2.04. The molecule has 0 heterocycles. The van der Waals surface area contributed by atoms with E-state index in [2.05, 4.69) is 6.58 Å². The SMILES string of the molecule is C=C(CCCC#N)P(=O)(OC(C)C)OC(C)C. The molecule has 0 atom stereocenters. The van der Waals surface area contributed by atoms with Gasteiger partial charge in [-0.05, 0) is 40.5 Å². The summed E-state index contributed by atoms with van der Waals surface area (Å²) >= 11 is 0. The van der Waals surface area contributed by atoms with Crippen LogP contribution >= 0.6 is 7.60 Å². The van der Waals surface area contributed by atoms with Crippen LogP contribution in [0.5, 0.6) is 0 Å². The summed E-state index contributed by atoms with van der Waals surface area (Å²) < 4.78 is 23.3. The lowest BCUT2D eigenvalue weighted by molar-refractivity contribution is 0.146. The molecule has 0 bridgehead atoms. The van der Waals surface area contributed by atoms with Crippen molar-refractivity contribution in [3.8, 4) is 6.07 Å². The number of hydrogen-bond acceptors (Lipinski definition) is 4. The minimum atomic E-state index is -3.27. The van der Waals surface area contributed by atoms with Crippen molar-refractivity contribution >= 4 is 7.60 Å². The predicted molar refractivity (Wildman–Crippen MR) is 68.7 cm³/mol. The maximum Gasteiger partial charge on any atom is 0.357 e. The number of nitriles is 1. The zero-order valence-corrected chi connectivity index (χ0v) is 12.0. The molecule has 0 saturated carbocycles. The maximum atomic E-state index is 12.5. The minimum Gasteiger partial charge on any atom is -0.303 e. The molecule has 0 amide bonds. The monoisotopic (exact) mass is 259 g/mol. The first kappa shape index (κ1) is 16.4. The van der Waals surface area contributed by atoms with Gasteiger partial charge in [-0.15, -0.1) is 0 Å². The highest BCUT2D eigenvalue weighted by atomic mass is 31.2. The van der Waals surface area contributed by atoms with Crippen LogP contribution in [0, 0.1) is 11.3 Å². The predicted octanol–water partition coefficient (Wildman–Crippen LogP) is 4.24. The van der Waals surface area contributed by atoms with Crippen LogP contribution in [0.3, 0.4) is 0 Å². The van der Waals surface area contributed by atoms with Crippen molar-refractivity contribution in [2.24, 2.45) is 0 Å². The molecule has 17 heavy (non-hydrogen) atoms. The molecule has 0 saturated heterocycles. The van der Waals surface area contributed by atoms with Gasteiger partial charge in [0.05, 0.1) is 18.3 Å². The van der Waals surface area contributed by atoms with E-state index in [1.807, 2.05) is 6.07 Å². The van der Waals surface area contributed by atoms with Crippen molar-refractivity contribution < 1.29 is 13.6 Å². The third-order valence-electron chi connectivity index (χ3n) is 1.84. The van der Waals surface area contributed by atoms with Gasteiger partial charge < -0.3 is 9.05 Å². The summed E-state index contributed by atoms with van der Waals surface area (Å²) in [7, 11) is -3.27. The van der Waals surface area contributed by atoms with Crippen molar-refractivity contribution in [1.82, 2.24) is 0 Å². The number of allylic oxidation sites excluding steroid dienone is 1. The van der Waals surface area contributed by atoms with E-state index in [9.17, 15) is 4.57 Å². The summed E-state index contributed by atoms with van der Waals surface area (Å²) in [6.45, 7) is 11.0. The van der Waals surface area contributed by atoms with Crippen molar-refractivity contribution in [2.45, 2.75) is 59.2 Å². The molecular formula is C12H22NO3P. The molecule has 98 valence electrons. The Morgan fingerprint density at radius 2 is 1.76 bits per heavy atom. The van der Waals surface area contributed by atoms with Crippen LogP contribution in [-0.2, 0) is 13.6 Å². The fraction of sp³-hybridized carbons (Fsp3) is 0.750. The number of hydrogen-bond donors (Lipinski definition) is 0. The van der Waals surface area contributed by atoms with E-state index >= 15 is 0 Å². The average Bonchev–Trinajstić information content (AvgIpc) is 2.15. The van der Waals surface area contributed by atoms with Crippen LogP contribution in [0.2, 0.25) is 0 Å². The van der Waals surface area contributed by atoms with E-state index in [-0.39, 0.29) is 12.2 Å². The van der Waals surface area contributed by atoms with E-state index in [4.69, 9.17) is 14.3 Å². The molecule has 0 aliphatic heterocycles. The van der Waals surface area contributed by atoms with Crippen molar-refractivity contribution in [3.05, 3.63) is 11.9 Å². The van der Waals surface area contributed by atoms with Crippen LogP contribution in [0.25, 0.3) is 0 Å². The standard InChI is InChI=1S/C12H22NO3P/c1-10(2)15-17(14,16-11(3)4)12(5)8-6-7-9-13/h10-11H,5-8H2,1-4H3. The first-order valence-corrected chi connectivity index (χ1v) is 7.38. The van der Waals surface area contributed by atoms with Crippen LogP contribution in [0.15, 0.2) is 11.9 Å². The second-order valence-electron chi connectivity index (χ2n) is 4.38. The number of nitrogens with zero attached hydrogens (tertiary/aromatic N) is 1. The normalized spacial score (nSPS) is 11.8. The lowest BCUT2D eigenvalue weighted by Gasteiger charge is -2.24. The van der Waals surface area contributed by atoms with Gasteiger partial charge in [0.1, 0.15) is 0 Å². The third kappa shape index (κ3) is 6.63. The van der Waals surface area contributed by atoms with Crippen molar-refractivity contribution in [3.63, 3.8) is 0 Å². The van der Waals surface area contributed by atoms with Gasteiger partial charge in [0, 0.05) is 11.7 Å². The molecule has 5 heteroatoms. The van der Waals surface area contributed by atoms with E-state index in [1.165, 1.54) is 0 Å². The Hall–Kier alpha value is -0.620. The summed E-state index contributed by atoms with van der Waals surface area (Å²) in [4.78, 5) is 0. The molecule has 4 nitrogen and oxygen atoms in total. The summed E-state index contributed by atoms with van der Waals surface area (Å²) in [5.41, 5.74) is 0. The smallest absolute Gasteiger partial charge is 0.303 e. The summed E-state index contributed by atoms with van der Waals surface area (Å²) in [5.74, 6) is 0. The van der Waals surface area contributed by atoms with Gasteiger partial charge in [0.2, 0.25) is 0 Å². The molecule has 0 rings (SSSR count). The van der Waals surface area contributed by atoms with Gasteiger partial charge in [-0.25, -0.2) is 0 Å². The Morgan fingerprint density at radius 3 is 2.12 bits per heavy atom. The van der Waals surface area contributed by atoms with E-state index in [0.717, 1.165) is 0 Å². The van der Waals surface area contributed by atoms with Crippen LogP contribution < -0.4 is 0 Å². The van der Waals surface area contributed by atoms with Crippen LogP contribution in [0.1, 0.15) is 47.0 Å². The zero-order chi connectivity index (χ0) is 13.5. The maximum absolute atomic E-state index is 12.5. The number of unbranched alkanes of at least 4 members (excludes halogenated alkanes) is 1. The van der Waals surface area contributed by atoms with Gasteiger partial charge in [-0.2, -0.15) is 5.26 Å². The zero-order valence-electron chi connectivity index (χ0n) is 11.1. The lowest BCUT2D eigenvalue weighted by Crippen LogP contribution is -2.09. The molecule has 0 aliphatic carbocycles. The fourth-order valence-corrected chi connectivity index (χ4v) is 3.13. The molecule has 0 unspecified atom stereocenters.